The Bertz CT molecular complexity index is 853. The molecule has 2 nitrogen and oxygen atoms in total. The van der Waals surface area contributed by atoms with Gasteiger partial charge in [0.1, 0.15) is 0 Å². The van der Waals surface area contributed by atoms with Crippen LogP contribution in [0.1, 0.15) is 0 Å². The third-order valence-corrected chi connectivity index (χ3v) is 4.03. The Balaban J connectivity index is 0.000000185. The summed E-state index contributed by atoms with van der Waals surface area (Å²) in [6, 6.07) is 19.6. The molecule has 0 aliphatic heterocycles. The molecular formula is C18H12N2PdS2. The predicted octanol–water partition coefficient (Wildman–Crippen LogP) is 4.28. The zero-order valence-electron chi connectivity index (χ0n) is 12.0. The Hall–Kier alpha value is -1.64. The standard InChI is InChI=1S/C12H8N2.C6H6S2.Pd/c1-3-9-5-6-10-4-2-8-14-12(10)11(9)13-7-1;7-5-3-1-2-4-6(5)8;/h1-8H;1-4,7-8H;/q;;+2/p-2. The Morgan fingerprint density at radius 1 is 0.565 bits per heavy atom. The third-order valence-electron chi connectivity index (χ3n) is 3.19. The molecule has 2 heterocycles. The number of aromatic nitrogens is 2. The maximum Gasteiger partial charge on any atom is 2.00 e. The van der Waals surface area contributed by atoms with Crippen molar-refractivity contribution in [3.63, 3.8) is 0 Å². The van der Waals surface area contributed by atoms with E-state index < -0.39 is 0 Å². The molecule has 0 aliphatic rings. The van der Waals surface area contributed by atoms with Crippen LogP contribution < -0.4 is 0 Å². The number of hydrogen-bond donors (Lipinski definition) is 0. The van der Waals surface area contributed by atoms with Crippen LogP contribution in [0.5, 0.6) is 0 Å². The molecule has 5 heteroatoms. The first kappa shape index (κ1) is 17.7. The smallest absolute Gasteiger partial charge is 0.781 e. The molecule has 0 amide bonds. The van der Waals surface area contributed by atoms with Crippen molar-refractivity contribution in [2.45, 2.75) is 9.79 Å². The van der Waals surface area contributed by atoms with E-state index >= 15 is 0 Å². The number of fused-ring (bicyclic) bond motifs is 3. The van der Waals surface area contributed by atoms with Crippen molar-refractivity contribution in [2.75, 3.05) is 0 Å². The molecule has 23 heavy (non-hydrogen) atoms. The van der Waals surface area contributed by atoms with Crippen LogP contribution in [-0.4, -0.2) is 9.97 Å². The van der Waals surface area contributed by atoms with Crippen molar-refractivity contribution in [3.8, 4) is 0 Å². The second-order valence-electron chi connectivity index (χ2n) is 4.66. The van der Waals surface area contributed by atoms with Gasteiger partial charge in [0, 0.05) is 23.2 Å². The Morgan fingerprint density at radius 2 is 1.00 bits per heavy atom. The van der Waals surface area contributed by atoms with E-state index in [0.717, 1.165) is 31.6 Å². The quantitative estimate of drug-likeness (QED) is 0.238. The van der Waals surface area contributed by atoms with Crippen molar-refractivity contribution < 1.29 is 20.4 Å². The minimum atomic E-state index is 0. The summed E-state index contributed by atoms with van der Waals surface area (Å²) < 4.78 is 0. The van der Waals surface area contributed by atoms with Crippen LogP contribution >= 0.6 is 0 Å². The molecule has 4 aromatic rings. The topological polar surface area (TPSA) is 25.8 Å². The summed E-state index contributed by atoms with van der Waals surface area (Å²) in [5.74, 6) is 0. The fraction of sp³-hybridized carbons (Fsp3) is 0. The van der Waals surface area contributed by atoms with E-state index in [2.05, 4.69) is 34.2 Å². The summed E-state index contributed by atoms with van der Waals surface area (Å²) in [6.45, 7) is 0. The van der Waals surface area contributed by atoms with Crippen molar-refractivity contribution in [3.05, 3.63) is 73.1 Å². The van der Waals surface area contributed by atoms with E-state index in [1.807, 2.05) is 36.4 Å². The molecule has 0 N–H and O–H groups in total. The SMILES string of the molecule is [Pd+2].[S-]c1ccccc1[S-].c1cnc2c(c1)ccc1cccnc12. The second-order valence-corrected chi connectivity index (χ2v) is 5.54. The maximum atomic E-state index is 4.85. The Morgan fingerprint density at radius 3 is 1.39 bits per heavy atom. The molecule has 0 bridgehead atoms. The Kier molecular flexibility index (Phi) is 6.38. The first-order valence-electron chi connectivity index (χ1n) is 6.77. The van der Waals surface area contributed by atoms with Crippen LogP contribution in [-0.2, 0) is 45.7 Å². The fourth-order valence-corrected chi connectivity index (χ4v) is 2.42. The normalized spacial score (nSPS) is 9.74. The average Bonchev–Trinajstić information content (AvgIpc) is 2.58. The van der Waals surface area contributed by atoms with Gasteiger partial charge in [0.05, 0.1) is 11.0 Å². The first-order chi connectivity index (χ1) is 10.8. The number of hydrogen-bond acceptors (Lipinski definition) is 4. The monoisotopic (exact) mass is 426 g/mol. The maximum absolute atomic E-state index is 4.85. The summed E-state index contributed by atoms with van der Waals surface area (Å²) in [5, 5.41) is 2.28. The zero-order chi connectivity index (χ0) is 15.4. The summed E-state index contributed by atoms with van der Waals surface area (Å²) in [5.41, 5.74) is 1.95. The van der Waals surface area contributed by atoms with Gasteiger partial charge in [-0.05, 0) is 12.1 Å². The van der Waals surface area contributed by atoms with Crippen molar-refractivity contribution in [2.24, 2.45) is 0 Å². The number of rotatable bonds is 0. The molecule has 0 saturated carbocycles. The fourth-order valence-electron chi connectivity index (χ4n) is 2.13. The Labute approximate surface area is 159 Å². The molecule has 0 atom stereocenters. The molecule has 0 unspecified atom stereocenters. The molecule has 0 radical (unpaired) electrons. The summed E-state index contributed by atoms with van der Waals surface area (Å²) in [6.07, 6.45) is 3.60. The molecule has 0 aliphatic carbocycles. The third kappa shape index (κ3) is 4.21. The van der Waals surface area contributed by atoms with Gasteiger partial charge in [-0.15, -0.1) is 0 Å². The van der Waals surface area contributed by atoms with Gasteiger partial charge in [0.15, 0.2) is 0 Å². The molecule has 0 saturated heterocycles. The molecule has 116 valence electrons. The number of pyridine rings is 2. The van der Waals surface area contributed by atoms with Gasteiger partial charge in [0.2, 0.25) is 0 Å². The summed E-state index contributed by atoms with van der Waals surface area (Å²) >= 11 is 9.70. The van der Waals surface area contributed by atoms with E-state index in [0.29, 0.717) is 0 Å². The molecule has 2 aromatic heterocycles. The van der Waals surface area contributed by atoms with E-state index in [9.17, 15) is 0 Å². The van der Waals surface area contributed by atoms with Crippen LogP contribution in [0.4, 0.5) is 0 Å². The predicted molar refractivity (Wildman–Crippen MR) is 94.7 cm³/mol. The van der Waals surface area contributed by atoms with Gasteiger partial charge in [0.25, 0.3) is 0 Å². The zero-order valence-corrected chi connectivity index (χ0v) is 15.1. The number of nitrogens with zero attached hydrogens (tertiary/aromatic N) is 2. The van der Waals surface area contributed by atoms with Gasteiger partial charge in [-0.3, -0.25) is 9.97 Å². The molecule has 0 fully saturated rings. The average molecular weight is 427 g/mol. The van der Waals surface area contributed by atoms with Crippen molar-refractivity contribution in [1.82, 2.24) is 9.97 Å². The largest absolute Gasteiger partial charge is 2.00 e. The second kappa shape index (κ2) is 8.28. The van der Waals surface area contributed by atoms with Crippen LogP contribution in [0.15, 0.2) is 82.8 Å². The molecule has 2 aromatic carbocycles. The van der Waals surface area contributed by atoms with Gasteiger partial charge in [-0.2, -0.15) is 9.79 Å². The molecule has 0 spiro atoms. The van der Waals surface area contributed by atoms with Gasteiger partial charge < -0.3 is 25.3 Å². The van der Waals surface area contributed by atoms with Crippen molar-refractivity contribution in [1.29, 1.82) is 0 Å². The summed E-state index contributed by atoms with van der Waals surface area (Å²) in [4.78, 5) is 10.2. The molecular weight excluding hydrogens is 415 g/mol. The number of benzene rings is 2. The summed E-state index contributed by atoms with van der Waals surface area (Å²) in [7, 11) is 0. The van der Waals surface area contributed by atoms with E-state index in [1.165, 1.54) is 0 Å². The van der Waals surface area contributed by atoms with Crippen molar-refractivity contribution >= 4 is 47.1 Å². The van der Waals surface area contributed by atoms with Gasteiger partial charge in [-0.1, -0.05) is 48.5 Å². The van der Waals surface area contributed by atoms with Gasteiger partial charge in [-0.25, -0.2) is 0 Å². The van der Waals surface area contributed by atoms with Crippen LogP contribution in [0.3, 0.4) is 0 Å². The minimum Gasteiger partial charge on any atom is -0.781 e. The van der Waals surface area contributed by atoms with E-state index in [4.69, 9.17) is 25.3 Å². The van der Waals surface area contributed by atoms with Crippen LogP contribution in [0, 0.1) is 0 Å². The minimum absolute atomic E-state index is 0. The van der Waals surface area contributed by atoms with Gasteiger partial charge >= 0.3 is 20.4 Å². The van der Waals surface area contributed by atoms with Crippen LogP contribution in [0.2, 0.25) is 0 Å². The van der Waals surface area contributed by atoms with E-state index in [-0.39, 0.29) is 20.4 Å². The van der Waals surface area contributed by atoms with Crippen LogP contribution in [0.25, 0.3) is 21.8 Å². The molecule has 4 rings (SSSR count). The first-order valence-corrected chi connectivity index (χ1v) is 7.59. The van der Waals surface area contributed by atoms with E-state index in [1.54, 1.807) is 12.4 Å².